The van der Waals surface area contributed by atoms with E-state index in [1.807, 2.05) is 0 Å². The third-order valence-corrected chi connectivity index (χ3v) is 4.18. The summed E-state index contributed by atoms with van der Waals surface area (Å²) in [6.07, 6.45) is 3.84. The predicted octanol–water partition coefficient (Wildman–Crippen LogP) is -0.00850. The Labute approximate surface area is 94.1 Å². The SMILES string of the molecule is O=S(=O)(NC1CCCC(O)C1)c1ccn[nH]1. The summed E-state index contributed by atoms with van der Waals surface area (Å²) < 4.78 is 26.2. The van der Waals surface area contributed by atoms with Crippen LogP contribution < -0.4 is 4.72 Å². The minimum absolute atomic E-state index is 0.0626. The Balaban J connectivity index is 2.04. The summed E-state index contributed by atoms with van der Waals surface area (Å²) in [5.41, 5.74) is 0. The Bertz CT molecular complexity index is 429. The molecule has 1 heterocycles. The molecule has 1 aliphatic rings. The standard InChI is InChI=1S/C9H15N3O3S/c13-8-3-1-2-7(6-8)12-16(14,15)9-4-5-10-11-9/h4-5,7-8,12-13H,1-3,6H2,(H,10,11). The fraction of sp³-hybridized carbons (Fsp3) is 0.667. The molecule has 7 heteroatoms. The zero-order valence-corrected chi connectivity index (χ0v) is 9.57. The van der Waals surface area contributed by atoms with Gasteiger partial charge in [-0.2, -0.15) is 5.10 Å². The number of sulfonamides is 1. The Morgan fingerprint density at radius 1 is 1.50 bits per heavy atom. The summed E-state index contributed by atoms with van der Waals surface area (Å²) in [6, 6.07) is 1.22. The van der Waals surface area contributed by atoms with Crippen molar-refractivity contribution in [2.75, 3.05) is 0 Å². The molecule has 16 heavy (non-hydrogen) atoms. The molecule has 3 N–H and O–H groups in total. The van der Waals surface area contributed by atoms with E-state index in [1.165, 1.54) is 12.3 Å². The first-order valence-corrected chi connectivity index (χ1v) is 6.76. The van der Waals surface area contributed by atoms with Crippen LogP contribution in [0.3, 0.4) is 0 Å². The maximum atomic E-state index is 11.8. The number of aliphatic hydroxyl groups excluding tert-OH is 1. The van der Waals surface area contributed by atoms with E-state index in [0.717, 1.165) is 19.3 Å². The minimum Gasteiger partial charge on any atom is -0.393 e. The smallest absolute Gasteiger partial charge is 0.257 e. The topological polar surface area (TPSA) is 95.1 Å². The molecule has 1 fully saturated rings. The van der Waals surface area contributed by atoms with Crippen molar-refractivity contribution in [2.45, 2.75) is 42.9 Å². The van der Waals surface area contributed by atoms with Crippen molar-refractivity contribution in [3.8, 4) is 0 Å². The first-order chi connectivity index (χ1) is 7.58. The average molecular weight is 245 g/mol. The number of nitrogens with one attached hydrogen (secondary N) is 2. The maximum absolute atomic E-state index is 11.8. The van der Waals surface area contributed by atoms with Crippen LogP contribution in [0.25, 0.3) is 0 Å². The zero-order chi connectivity index (χ0) is 11.6. The molecule has 0 bridgehead atoms. The lowest BCUT2D eigenvalue weighted by atomic mass is 9.94. The molecule has 2 rings (SSSR count). The number of H-pyrrole nitrogens is 1. The van der Waals surface area contributed by atoms with Crippen LogP contribution >= 0.6 is 0 Å². The normalized spacial score (nSPS) is 26.8. The van der Waals surface area contributed by atoms with Crippen LogP contribution in [0.1, 0.15) is 25.7 Å². The second-order valence-electron chi connectivity index (χ2n) is 4.06. The van der Waals surface area contributed by atoms with Gasteiger partial charge in [-0.1, -0.05) is 0 Å². The lowest BCUT2D eigenvalue weighted by Gasteiger charge is -2.26. The van der Waals surface area contributed by atoms with Crippen LogP contribution in [0.15, 0.2) is 17.3 Å². The highest BCUT2D eigenvalue weighted by molar-refractivity contribution is 7.89. The van der Waals surface area contributed by atoms with Crippen molar-refractivity contribution in [3.05, 3.63) is 12.3 Å². The van der Waals surface area contributed by atoms with Gasteiger partial charge in [-0.05, 0) is 31.7 Å². The number of aromatic amines is 1. The molecule has 0 aromatic carbocycles. The van der Waals surface area contributed by atoms with Crippen LogP contribution in [-0.4, -0.2) is 35.9 Å². The number of aliphatic hydroxyl groups is 1. The fourth-order valence-electron chi connectivity index (χ4n) is 1.95. The predicted molar refractivity (Wildman–Crippen MR) is 57.2 cm³/mol. The van der Waals surface area contributed by atoms with E-state index in [4.69, 9.17) is 0 Å². The van der Waals surface area contributed by atoms with E-state index >= 15 is 0 Å². The first kappa shape index (κ1) is 11.6. The number of hydrogen-bond donors (Lipinski definition) is 3. The van der Waals surface area contributed by atoms with Gasteiger partial charge in [-0.3, -0.25) is 5.10 Å². The Morgan fingerprint density at radius 2 is 2.31 bits per heavy atom. The highest BCUT2D eigenvalue weighted by atomic mass is 32.2. The minimum atomic E-state index is -3.52. The number of rotatable bonds is 3. The molecule has 0 amide bonds. The fourth-order valence-corrected chi connectivity index (χ4v) is 3.14. The van der Waals surface area contributed by atoms with E-state index in [2.05, 4.69) is 14.9 Å². The molecule has 6 nitrogen and oxygen atoms in total. The molecular formula is C9H15N3O3S. The number of nitrogens with zero attached hydrogens (tertiary/aromatic N) is 1. The second-order valence-corrected chi connectivity index (χ2v) is 5.74. The summed E-state index contributed by atoms with van der Waals surface area (Å²) in [4.78, 5) is 0. The van der Waals surface area contributed by atoms with E-state index in [1.54, 1.807) is 0 Å². The first-order valence-electron chi connectivity index (χ1n) is 5.28. The lowest BCUT2D eigenvalue weighted by molar-refractivity contribution is 0.117. The summed E-state index contributed by atoms with van der Waals surface area (Å²) in [5, 5.41) is 15.5. The second kappa shape index (κ2) is 4.52. The van der Waals surface area contributed by atoms with Crippen molar-refractivity contribution in [3.63, 3.8) is 0 Å². The van der Waals surface area contributed by atoms with Crippen molar-refractivity contribution < 1.29 is 13.5 Å². The molecule has 1 saturated carbocycles. The molecule has 0 saturated heterocycles. The Morgan fingerprint density at radius 3 is 2.94 bits per heavy atom. The molecule has 1 aromatic heterocycles. The van der Waals surface area contributed by atoms with Gasteiger partial charge in [0.2, 0.25) is 0 Å². The third kappa shape index (κ3) is 2.60. The van der Waals surface area contributed by atoms with Crippen molar-refractivity contribution in [1.82, 2.24) is 14.9 Å². The van der Waals surface area contributed by atoms with Gasteiger partial charge in [0.05, 0.1) is 12.3 Å². The molecule has 0 spiro atoms. The van der Waals surface area contributed by atoms with Crippen LogP contribution in [0, 0.1) is 0 Å². The summed E-state index contributed by atoms with van der Waals surface area (Å²) in [5.74, 6) is 0. The van der Waals surface area contributed by atoms with Crippen LogP contribution in [0.4, 0.5) is 0 Å². The summed E-state index contributed by atoms with van der Waals surface area (Å²) in [6.45, 7) is 0. The molecule has 0 aliphatic heterocycles. The van der Waals surface area contributed by atoms with Gasteiger partial charge in [0, 0.05) is 6.04 Å². The van der Waals surface area contributed by atoms with Crippen LogP contribution in [0.2, 0.25) is 0 Å². The summed E-state index contributed by atoms with van der Waals surface area (Å²) >= 11 is 0. The molecule has 1 aromatic rings. The van der Waals surface area contributed by atoms with Crippen molar-refractivity contribution in [1.29, 1.82) is 0 Å². The molecule has 2 unspecified atom stereocenters. The van der Waals surface area contributed by atoms with Gasteiger partial charge in [-0.15, -0.1) is 0 Å². The van der Waals surface area contributed by atoms with Gasteiger partial charge >= 0.3 is 0 Å². The average Bonchev–Trinajstić information content (AvgIpc) is 2.69. The molecule has 1 aliphatic carbocycles. The van der Waals surface area contributed by atoms with E-state index in [9.17, 15) is 13.5 Å². The van der Waals surface area contributed by atoms with Gasteiger partial charge in [0.25, 0.3) is 10.0 Å². The lowest BCUT2D eigenvalue weighted by Crippen LogP contribution is -2.39. The Kier molecular flexibility index (Phi) is 3.27. The zero-order valence-electron chi connectivity index (χ0n) is 8.76. The highest BCUT2D eigenvalue weighted by Gasteiger charge is 2.25. The largest absolute Gasteiger partial charge is 0.393 e. The molecular weight excluding hydrogens is 230 g/mol. The van der Waals surface area contributed by atoms with Crippen LogP contribution in [-0.2, 0) is 10.0 Å². The molecule has 2 atom stereocenters. The van der Waals surface area contributed by atoms with E-state index in [-0.39, 0.29) is 11.1 Å². The van der Waals surface area contributed by atoms with E-state index in [0.29, 0.717) is 6.42 Å². The van der Waals surface area contributed by atoms with E-state index < -0.39 is 16.1 Å². The third-order valence-electron chi connectivity index (χ3n) is 2.73. The van der Waals surface area contributed by atoms with Crippen LogP contribution in [0.5, 0.6) is 0 Å². The van der Waals surface area contributed by atoms with Crippen molar-refractivity contribution >= 4 is 10.0 Å². The van der Waals surface area contributed by atoms with Gasteiger partial charge in [0.15, 0.2) is 5.03 Å². The maximum Gasteiger partial charge on any atom is 0.257 e. The quantitative estimate of drug-likeness (QED) is 0.698. The molecule has 90 valence electrons. The Hall–Kier alpha value is -0.920. The highest BCUT2D eigenvalue weighted by Crippen LogP contribution is 2.19. The monoisotopic (exact) mass is 245 g/mol. The van der Waals surface area contributed by atoms with Gasteiger partial charge in [0.1, 0.15) is 0 Å². The number of aromatic nitrogens is 2. The number of hydrogen-bond acceptors (Lipinski definition) is 4. The van der Waals surface area contributed by atoms with Gasteiger partial charge in [-0.25, -0.2) is 13.1 Å². The van der Waals surface area contributed by atoms with Crippen molar-refractivity contribution in [2.24, 2.45) is 0 Å². The molecule has 0 radical (unpaired) electrons. The van der Waals surface area contributed by atoms with Gasteiger partial charge < -0.3 is 5.11 Å². The summed E-state index contributed by atoms with van der Waals surface area (Å²) in [7, 11) is -3.52.